The highest BCUT2D eigenvalue weighted by Crippen LogP contribution is 2.22. The fourth-order valence-electron chi connectivity index (χ4n) is 2.30. The average molecular weight is 280 g/mol. The van der Waals surface area contributed by atoms with Gasteiger partial charge in [0, 0.05) is 11.1 Å². The van der Waals surface area contributed by atoms with Gasteiger partial charge in [-0.15, -0.1) is 0 Å². The SMILES string of the molecule is Cc1ccccc1CC(=O)Nc1ccc2[nH]nc(N)c2c1. The van der Waals surface area contributed by atoms with Crippen LogP contribution in [0.4, 0.5) is 11.5 Å². The number of anilines is 2. The fourth-order valence-corrected chi connectivity index (χ4v) is 2.30. The molecule has 0 saturated carbocycles. The van der Waals surface area contributed by atoms with Gasteiger partial charge in [0.15, 0.2) is 5.82 Å². The minimum absolute atomic E-state index is 0.0503. The Hall–Kier alpha value is -2.82. The van der Waals surface area contributed by atoms with Crippen molar-refractivity contribution in [1.29, 1.82) is 0 Å². The number of amides is 1. The molecule has 1 aromatic heterocycles. The van der Waals surface area contributed by atoms with Gasteiger partial charge in [0.05, 0.1) is 11.9 Å². The largest absolute Gasteiger partial charge is 0.382 e. The van der Waals surface area contributed by atoms with Gasteiger partial charge in [-0.2, -0.15) is 5.10 Å². The number of fused-ring (bicyclic) bond motifs is 1. The van der Waals surface area contributed by atoms with Gasteiger partial charge in [0.2, 0.25) is 5.91 Å². The van der Waals surface area contributed by atoms with Crippen molar-refractivity contribution in [2.24, 2.45) is 0 Å². The molecule has 1 heterocycles. The van der Waals surface area contributed by atoms with Crippen LogP contribution in [-0.2, 0) is 11.2 Å². The maximum absolute atomic E-state index is 12.1. The second kappa shape index (κ2) is 5.28. The van der Waals surface area contributed by atoms with Crippen LogP contribution in [0.25, 0.3) is 10.9 Å². The van der Waals surface area contributed by atoms with Crippen molar-refractivity contribution in [3.8, 4) is 0 Å². The Kier molecular flexibility index (Phi) is 3.31. The number of carbonyl (C=O) groups excluding carboxylic acids is 1. The summed E-state index contributed by atoms with van der Waals surface area (Å²) in [6, 6.07) is 13.4. The van der Waals surface area contributed by atoms with E-state index in [0.717, 1.165) is 22.0 Å². The first-order valence-electron chi connectivity index (χ1n) is 6.71. The zero-order valence-electron chi connectivity index (χ0n) is 11.7. The average Bonchev–Trinajstić information content (AvgIpc) is 2.83. The molecule has 0 aliphatic rings. The molecule has 2 aromatic carbocycles. The molecule has 0 unspecified atom stereocenters. The lowest BCUT2D eigenvalue weighted by Crippen LogP contribution is -2.14. The summed E-state index contributed by atoms with van der Waals surface area (Å²) in [5.41, 5.74) is 9.47. The Morgan fingerprint density at radius 3 is 2.90 bits per heavy atom. The number of nitrogens with one attached hydrogen (secondary N) is 2. The van der Waals surface area contributed by atoms with E-state index >= 15 is 0 Å². The molecule has 4 N–H and O–H groups in total. The molecule has 0 atom stereocenters. The third-order valence-corrected chi connectivity index (χ3v) is 3.49. The molecule has 3 aromatic rings. The smallest absolute Gasteiger partial charge is 0.228 e. The summed E-state index contributed by atoms with van der Waals surface area (Å²) >= 11 is 0. The molecule has 5 heteroatoms. The molecular weight excluding hydrogens is 264 g/mol. The van der Waals surface area contributed by atoms with E-state index in [2.05, 4.69) is 15.5 Å². The molecule has 106 valence electrons. The van der Waals surface area contributed by atoms with Gasteiger partial charge in [0.1, 0.15) is 0 Å². The summed E-state index contributed by atoms with van der Waals surface area (Å²) in [7, 11) is 0. The first-order chi connectivity index (χ1) is 10.1. The zero-order chi connectivity index (χ0) is 14.8. The van der Waals surface area contributed by atoms with Crippen molar-refractivity contribution in [3.63, 3.8) is 0 Å². The number of nitrogens with zero attached hydrogens (tertiary/aromatic N) is 1. The lowest BCUT2D eigenvalue weighted by atomic mass is 10.1. The summed E-state index contributed by atoms with van der Waals surface area (Å²) in [4.78, 5) is 12.1. The van der Waals surface area contributed by atoms with Crippen LogP contribution in [0.5, 0.6) is 0 Å². The van der Waals surface area contributed by atoms with Gasteiger partial charge >= 0.3 is 0 Å². The van der Waals surface area contributed by atoms with E-state index in [1.807, 2.05) is 49.4 Å². The van der Waals surface area contributed by atoms with E-state index in [1.165, 1.54) is 0 Å². The van der Waals surface area contributed by atoms with Crippen molar-refractivity contribution < 1.29 is 4.79 Å². The van der Waals surface area contributed by atoms with Crippen LogP contribution in [-0.4, -0.2) is 16.1 Å². The summed E-state index contributed by atoms with van der Waals surface area (Å²) in [5, 5.41) is 10.5. The predicted molar refractivity (Wildman–Crippen MR) is 84.0 cm³/mol. The highest BCUT2D eigenvalue weighted by atomic mass is 16.1. The van der Waals surface area contributed by atoms with Gasteiger partial charge in [0.25, 0.3) is 0 Å². The van der Waals surface area contributed by atoms with Gasteiger partial charge in [-0.1, -0.05) is 24.3 Å². The normalized spacial score (nSPS) is 10.7. The number of aryl methyl sites for hydroxylation is 1. The molecule has 0 saturated heterocycles. The Balaban J connectivity index is 1.77. The summed E-state index contributed by atoms with van der Waals surface area (Å²) in [5.74, 6) is 0.380. The number of rotatable bonds is 3. The Labute approximate surface area is 122 Å². The lowest BCUT2D eigenvalue weighted by molar-refractivity contribution is -0.115. The zero-order valence-corrected chi connectivity index (χ0v) is 11.7. The molecule has 0 aliphatic carbocycles. The molecule has 0 aliphatic heterocycles. The van der Waals surface area contributed by atoms with Gasteiger partial charge in [-0.25, -0.2) is 0 Å². The standard InChI is InChI=1S/C16H16N4O/c1-10-4-2-3-5-11(10)8-15(21)18-12-6-7-14-13(9-12)16(17)20-19-14/h2-7,9H,8H2,1H3,(H,18,21)(H3,17,19,20). The minimum atomic E-state index is -0.0503. The highest BCUT2D eigenvalue weighted by Gasteiger charge is 2.08. The molecule has 1 amide bonds. The number of aromatic amines is 1. The van der Waals surface area contributed by atoms with Crippen LogP contribution in [0.3, 0.4) is 0 Å². The second-order valence-electron chi connectivity index (χ2n) is 5.02. The molecular formula is C16H16N4O. The molecule has 0 spiro atoms. The van der Waals surface area contributed by atoms with Crippen LogP contribution in [0.15, 0.2) is 42.5 Å². The number of nitrogens with two attached hydrogens (primary N) is 1. The van der Waals surface area contributed by atoms with Gasteiger partial charge in [-0.3, -0.25) is 9.89 Å². The van der Waals surface area contributed by atoms with Crippen LogP contribution in [0.1, 0.15) is 11.1 Å². The fraction of sp³-hybridized carbons (Fsp3) is 0.125. The van der Waals surface area contributed by atoms with Crippen LogP contribution >= 0.6 is 0 Å². The van der Waals surface area contributed by atoms with Crippen molar-refractivity contribution in [2.45, 2.75) is 13.3 Å². The van der Waals surface area contributed by atoms with Crippen molar-refractivity contribution in [3.05, 3.63) is 53.6 Å². The minimum Gasteiger partial charge on any atom is -0.382 e. The second-order valence-corrected chi connectivity index (χ2v) is 5.02. The van der Waals surface area contributed by atoms with Crippen molar-refractivity contribution >= 4 is 28.3 Å². The van der Waals surface area contributed by atoms with E-state index in [-0.39, 0.29) is 5.91 Å². The van der Waals surface area contributed by atoms with Crippen LogP contribution < -0.4 is 11.1 Å². The highest BCUT2D eigenvalue weighted by molar-refractivity contribution is 5.97. The molecule has 0 bridgehead atoms. The summed E-state index contributed by atoms with van der Waals surface area (Å²) < 4.78 is 0. The number of aromatic nitrogens is 2. The number of nitrogen functional groups attached to an aromatic ring is 1. The van der Waals surface area contributed by atoms with Crippen molar-refractivity contribution in [1.82, 2.24) is 10.2 Å². The Bertz CT molecular complexity index is 807. The van der Waals surface area contributed by atoms with Crippen LogP contribution in [0, 0.1) is 6.92 Å². The Morgan fingerprint density at radius 2 is 2.10 bits per heavy atom. The van der Waals surface area contributed by atoms with E-state index in [1.54, 1.807) is 0 Å². The number of H-pyrrole nitrogens is 1. The summed E-state index contributed by atoms with van der Waals surface area (Å²) in [6.07, 6.45) is 0.353. The topological polar surface area (TPSA) is 83.8 Å². The first-order valence-corrected chi connectivity index (χ1v) is 6.71. The molecule has 5 nitrogen and oxygen atoms in total. The van der Waals surface area contributed by atoms with E-state index in [4.69, 9.17) is 5.73 Å². The Morgan fingerprint density at radius 1 is 1.29 bits per heavy atom. The van der Waals surface area contributed by atoms with E-state index in [9.17, 15) is 4.79 Å². The first kappa shape index (κ1) is 13.2. The van der Waals surface area contributed by atoms with E-state index in [0.29, 0.717) is 17.9 Å². The molecule has 0 radical (unpaired) electrons. The quantitative estimate of drug-likeness (QED) is 0.689. The monoisotopic (exact) mass is 280 g/mol. The third kappa shape index (κ3) is 2.72. The number of carbonyl (C=O) groups is 1. The number of benzene rings is 2. The van der Waals surface area contributed by atoms with E-state index < -0.39 is 0 Å². The molecule has 21 heavy (non-hydrogen) atoms. The predicted octanol–water partition coefficient (Wildman–Crippen LogP) is 2.63. The number of hydrogen-bond donors (Lipinski definition) is 3. The molecule has 3 rings (SSSR count). The lowest BCUT2D eigenvalue weighted by Gasteiger charge is -2.07. The molecule has 0 fully saturated rings. The van der Waals surface area contributed by atoms with Crippen molar-refractivity contribution in [2.75, 3.05) is 11.1 Å². The van der Waals surface area contributed by atoms with Gasteiger partial charge in [-0.05, 0) is 36.2 Å². The van der Waals surface area contributed by atoms with Gasteiger partial charge < -0.3 is 11.1 Å². The maximum Gasteiger partial charge on any atom is 0.228 e. The van der Waals surface area contributed by atoms with Crippen LogP contribution in [0.2, 0.25) is 0 Å². The maximum atomic E-state index is 12.1. The summed E-state index contributed by atoms with van der Waals surface area (Å²) in [6.45, 7) is 2.00. The third-order valence-electron chi connectivity index (χ3n) is 3.49. The number of hydrogen-bond acceptors (Lipinski definition) is 3.